The van der Waals surface area contributed by atoms with Crippen molar-refractivity contribution < 1.29 is 18.3 Å². The second-order valence-corrected chi connectivity index (χ2v) is 6.23. The zero-order chi connectivity index (χ0) is 15.7. The highest BCUT2D eigenvalue weighted by Gasteiger charge is 2.42. The topological polar surface area (TPSA) is 23.5 Å². The summed E-state index contributed by atoms with van der Waals surface area (Å²) in [4.78, 5) is 1.99. The van der Waals surface area contributed by atoms with Crippen LogP contribution in [-0.4, -0.2) is 36.8 Å². The number of benzene rings is 1. The van der Waals surface area contributed by atoms with E-state index in [4.69, 9.17) is 0 Å². The summed E-state index contributed by atoms with van der Waals surface area (Å²) in [5.41, 5.74) is -0.306. The van der Waals surface area contributed by atoms with Crippen LogP contribution in [0, 0.1) is 0 Å². The molecule has 1 saturated carbocycles. The van der Waals surface area contributed by atoms with Crippen LogP contribution >= 0.6 is 0 Å². The van der Waals surface area contributed by atoms with Crippen molar-refractivity contribution >= 4 is 0 Å². The molecule has 1 N–H and O–H groups in total. The summed E-state index contributed by atoms with van der Waals surface area (Å²) in [6.07, 6.45) is -1.36. The van der Waals surface area contributed by atoms with Crippen LogP contribution in [-0.2, 0) is 11.6 Å². The average molecular weight is 301 g/mol. The maximum Gasteiger partial charge on any atom is 0.416 e. The Hall–Kier alpha value is -1.07. The second kappa shape index (κ2) is 5.97. The summed E-state index contributed by atoms with van der Waals surface area (Å²) in [6.45, 7) is 0.638. The van der Waals surface area contributed by atoms with Crippen molar-refractivity contribution in [2.24, 2.45) is 0 Å². The Morgan fingerprint density at radius 3 is 2.29 bits per heavy atom. The number of hydrogen-bond donors (Lipinski definition) is 1. The number of aliphatic hydroxyl groups excluding tert-OH is 1. The molecule has 2 nitrogen and oxygen atoms in total. The van der Waals surface area contributed by atoms with Gasteiger partial charge in [-0.1, -0.05) is 25.0 Å². The minimum absolute atomic E-state index is 0.466. The molecule has 0 aromatic heterocycles. The van der Waals surface area contributed by atoms with E-state index in [1.807, 2.05) is 19.0 Å². The monoisotopic (exact) mass is 301 g/mol. The average Bonchev–Trinajstić information content (AvgIpc) is 2.40. The van der Waals surface area contributed by atoms with Gasteiger partial charge in [0.25, 0.3) is 0 Å². The van der Waals surface area contributed by atoms with E-state index in [-0.39, 0.29) is 0 Å². The first-order valence-electron chi connectivity index (χ1n) is 7.26. The number of aliphatic hydroxyl groups is 1. The Morgan fingerprint density at radius 1 is 1.19 bits per heavy atom. The fraction of sp³-hybridized carbons (Fsp3) is 0.625. The van der Waals surface area contributed by atoms with Crippen LogP contribution in [0.4, 0.5) is 13.2 Å². The van der Waals surface area contributed by atoms with Gasteiger partial charge in [-0.05, 0) is 44.6 Å². The van der Waals surface area contributed by atoms with E-state index in [0.717, 1.165) is 37.0 Å². The van der Waals surface area contributed by atoms with Gasteiger partial charge in [-0.15, -0.1) is 0 Å². The predicted octanol–water partition coefficient (Wildman–Crippen LogP) is 3.44. The Kier molecular flexibility index (Phi) is 4.63. The molecule has 0 radical (unpaired) electrons. The van der Waals surface area contributed by atoms with Gasteiger partial charge in [0, 0.05) is 12.0 Å². The Labute approximate surface area is 123 Å². The Morgan fingerprint density at radius 2 is 1.81 bits per heavy atom. The minimum Gasteiger partial charge on any atom is -0.392 e. The van der Waals surface area contributed by atoms with Crippen molar-refractivity contribution in [3.63, 3.8) is 0 Å². The fourth-order valence-electron chi connectivity index (χ4n) is 3.39. The summed E-state index contributed by atoms with van der Waals surface area (Å²) in [5, 5.41) is 10.5. The minimum atomic E-state index is -4.32. The standard InChI is InChI=1S/C16H22F3NO/c1-20(2)11-15(10-4-3-5-14(15)21)12-6-8-13(9-7-12)16(17,18)19/h6-9,14,21H,3-5,10-11H2,1-2H3/t14-,15-/m0/s1. The lowest BCUT2D eigenvalue weighted by atomic mass is 9.67. The molecule has 0 aliphatic heterocycles. The lowest BCUT2D eigenvalue weighted by Crippen LogP contribution is -2.49. The van der Waals surface area contributed by atoms with Crippen molar-refractivity contribution in [1.29, 1.82) is 0 Å². The van der Waals surface area contributed by atoms with Crippen LogP contribution in [0.5, 0.6) is 0 Å². The fourth-order valence-corrected chi connectivity index (χ4v) is 3.39. The summed E-state index contributed by atoms with van der Waals surface area (Å²) in [6, 6.07) is 5.30. The molecule has 1 aromatic rings. The van der Waals surface area contributed by atoms with Crippen LogP contribution in [0.15, 0.2) is 24.3 Å². The number of likely N-dealkylation sites (N-methyl/N-ethyl adjacent to an activating group) is 1. The third-order valence-electron chi connectivity index (χ3n) is 4.37. The van der Waals surface area contributed by atoms with E-state index in [1.54, 1.807) is 0 Å². The lowest BCUT2D eigenvalue weighted by molar-refractivity contribution is -0.137. The van der Waals surface area contributed by atoms with Crippen molar-refractivity contribution in [2.45, 2.75) is 43.4 Å². The molecule has 118 valence electrons. The van der Waals surface area contributed by atoms with Crippen molar-refractivity contribution in [3.8, 4) is 0 Å². The normalized spacial score (nSPS) is 27.1. The number of hydrogen-bond acceptors (Lipinski definition) is 2. The third-order valence-corrected chi connectivity index (χ3v) is 4.37. The van der Waals surface area contributed by atoms with Crippen molar-refractivity contribution in [2.75, 3.05) is 20.6 Å². The van der Waals surface area contributed by atoms with Gasteiger partial charge >= 0.3 is 6.18 Å². The van der Waals surface area contributed by atoms with Crippen LogP contribution in [0.1, 0.15) is 36.8 Å². The zero-order valence-electron chi connectivity index (χ0n) is 12.5. The molecule has 21 heavy (non-hydrogen) atoms. The van der Waals surface area contributed by atoms with E-state index < -0.39 is 23.3 Å². The highest BCUT2D eigenvalue weighted by molar-refractivity contribution is 5.33. The third kappa shape index (κ3) is 3.40. The molecule has 1 aliphatic carbocycles. The van der Waals surface area contributed by atoms with Gasteiger partial charge in [-0.2, -0.15) is 13.2 Å². The summed E-state index contributed by atoms with van der Waals surface area (Å²) in [5.74, 6) is 0. The molecule has 1 aromatic carbocycles. The molecule has 0 spiro atoms. The lowest BCUT2D eigenvalue weighted by Gasteiger charge is -2.44. The first-order valence-corrected chi connectivity index (χ1v) is 7.26. The van der Waals surface area contributed by atoms with E-state index in [9.17, 15) is 18.3 Å². The second-order valence-electron chi connectivity index (χ2n) is 6.23. The van der Waals surface area contributed by atoms with Crippen molar-refractivity contribution in [1.82, 2.24) is 4.90 Å². The van der Waals surface area contributed by atoms with E-state index >= 15 is 0 Å². The SMILES string of the molecule is CN(C)C[C@]1(c2ccc(C(F)(F)F)cc2)CCCC[C@@H]1O. The predicted molar refractivity (Wildman–Crippen MR) is 76.2 cm³/mol. The molecule has 2 atom stereocenters. The molecular formula is C16H22F3NO. The van der Waals surface area contributed by atoms with E-state index in [1.165, 1.54) is 12.1 Å². The maximum atomic E-state index is 12.7. The van der Waals surface area contributed by atoms with Crippen LogP contribution in [0.25, 0.3) is 0 Å². The molecule has 0 unspecified atom stereocenters. The van der Waals surface area contributed by atoms with E-state index in [2.05, 4.69) is 0 Å². The molecule has 2 rings (SSSR count). The van der Waals surface area contributed by atoms with Gasteiger partial charge in [0.2, 0.25) is 0 Å². The summed E-state index contributed by atoms with van der Waals surface area (Å²) < 4.78 is 38.1. The van der Waals surface area contributed by atoms with Gasteiger partial charge in [-0.25, -0.2) is 0 Å². The first-order chi connectivity index (χ1) is 9.75. The maximum absolute atomic E-state index is 12.7. The van der Waals surface area contributed by atoms with Crippen LogP contribution in [0.2, 0.25) is 0 Å². The van der Waals surface area contributed by atoms with Gasteiger partial charge in [0.05, 0.1) is 11.7 Å². The van der Waals surface area contributed by atoms with E-state index in [0.29, 0.717) is 13.0 Å². The largest absolute Gasteiger partial charge is 0.416 e. The quantitative estimate of drug-likeness (QED) is 0.924. The highest BCUT2D eigenvalue weighted by Crippen LogP contribution is 2.41. The molecule has 0 bridgehead atoms. The summed E-state index contributed by atoms with van der Waals surface area (Å²) >= 11 is 0. The number of rotatable bonds is 3. The highest BCUT2D eigenvalue weighted by atomic mass is 19.4. The van der Waals surface area contributed by atoms with Gasteiger partial charge < -0.3 is 10.0 Å². The van der Waals surface area contributed by atoms with Gasteiger partial charge in [0.15, 0.2) is 0 Å². The van der Waals surface area contributed by atoms with Gasteiger partial charge in [-0.3, -0.25) is 0 Å². The molecule has 0 amide bonds. The number of nitrogens with zero attached hydrogens (tertiary/aromatic N) is 1. The smallest absolute Gasteiger partial charge is 0.392 e. The van der Waals surface area contributed by atoms with Crippen molar-refractivity contribution in [3.05, 3.63) is 35.4 Å². The zero-order valence-corrected chi connectivity index (χ0v) is 12.5. The number of halogens is 3. The summed E-state index contributed by atoms with van der Waals surface area (Å²) in [7, 11) is 3.85. The molecule has 0 saturated heterocycles. The molecular weight excluding hydrogens is 279 g/mol. The van der Waals surface area contributed by atoms with Crippen LogP contribution < -0.4 is 0 Å². The number of alkyl halides is 3. The molecule has 1 aliphatic rings. The Balaban J connectivity index is 2.37. The molecule has 0 heterocycles. The molecule has 1 fully saturated rings. The Bertz CT molecular complexity index is 469. The van der Waals surface area contributed by atoms with Gasteiger partial charge in [0.1, 0.15) is 0 Å². The first kappa shape index (κ1) is 16.3. The van der Waals surface area contributed by atoms with Crippen LogP contribution in [0.3, 0.4) is 0 Å². The molecule has 5 heteroatoms.